The van der Waals surface area contributed by atoms with Gasteiger partial charge in [-0.1, -0.05) is 15.9 Å². The summed E-state index contributed by atoms with van der Waals surface area (Å²) in [7, 11) is 0. The van der Waals surface area contributed by atoms with Gasteiger partial charge in [-0.2, -0.15) is 0 Å². The molecule has 2 aromatic carbocycles. The summed E-state index contributed by atoms with van der Waals surface area (Å²) in [4.78, 5) is 10.6. The Morgan fingerprint density at radius 2 is 1.71 bits per heavy atom. The molecule has 0 spiro atoms. The van der Waals surface area contributed by atoms with Crippen LogP contribution in [-0.4, -0.2) is 19.5 Å². The Labute approximate surface area is 130 Å². The van der Waals surface area contributed by atoms with Crippen LogP contribution in [0.1, 0.15) is 22.2 Å². The number of aldehydes is 1. The van der Waals surface area contributed by atoms with Gasteiger partial charge in [0.25, 0.3) is 0 Å². The fourth-order valence-corrected chi connectivity index (χ4v) is 2.49. The van der Waals surface area contributed by atoms with Crippen molar-refractivity contribution >= 4 is 22.2 Å². The van der Waals surface area contributed by atoms with Crippen LogP contribution in [0.2, 0.25) is 0 Å². The molecule has 0 saturated carbocycles. The van der Waals surface area contributed by atoms with Crippen LogP contribution in [0, 0.1) is 0 Å². The van der Waals surface area contributed by atoms with Gasteiger partial charge in [-0.25, -0.2) is 0 Å². The van der Waals surface area contributed by atoms with Crippen molar-refractivity contribution in [3.8, 4) is 11.5 Å². The van der Waals surface area contributed by atoms with Gasteiger partial charge >= 0.3 is 0 Å². The summed E-state index contributed by atoms with van der Waals surface area (Å²) in [5.41, 5.74) is 1.51. The second-order valence-corrected chi connectivity index (χ2v) is 5.40. The molecule has 5 heteroatoms. The van der Waals surface area contributed by atoms with Crippen molar-refractivity contribution in [1.82, 2.24) is 0 Å². The Morgan fingerprint density at radius 3 is 2.38 bits per heavy atom. The third-order valence-electron chi connectivity index (χ3n) is 3.10. The smallest absolute Gasteiger partial charge is 0.185 e. The summed E-state index contributed by atoms with van der Waals surface area (Å²) in [5.74, 6) is 1.35. The van der Waals surface area contributed by atoms with Crippen molar-refractivity contribution in [3.63, 3.8) is 0 Å². The van der Waals surface area contributed by atoms with E-state index in [9.17, 15) is 4.79 Å². The van der Waals surface area contributed by atoms with Crippen LogP contribution in [0.5, 0.6) is 11.5 Å². The van der Waals surface area contributed by atoms with E-state index in [-0.39, 0.29) is 6.29 Å². The van der Waals surface area contributed by atoms with E-state index in [0.717, 1.165) is 16.3 Å². The molecular formula is C16H13BrO4. The Hall–Kier alpha value is -1.69. The molecule has 0 amide bonds. The van der Waals surface area contributed by atoms with E-state index in [1.54, 1.807) is 24.3 Å². The van der Waals surface area contributed by atoms with Crippen molar-refractivity contribution in [3.05, 3.63) is 58.1 Å². The van der Waals surface area contributed by atoms with Gasteiger partial charge in [0.2, 0.25) is 0 Å². The predicted octanol–water partition coefficient (Wildman–Crippen LogP) is 4.10. The maximum atomic E-state index is 10.6. The van der Waals surface area contributed by atoms with Crippen molar-refractivity contribution < 1.29 is 19.0 Å². The molecule has 1 heterocycles. The minimum absolute atomic E-state index is 0.361. The standard InChI is InChI=1S/C16H13BrO4/c17-15-6-5-13(9-14(15)16-19-7-8-20-16)21-12-3-1-11(10-18)2-4-12/h1-6,9-10,16H,7-8H2. The minimum Gasteiger partial charge on any atom is -0.457 e. The normalized spacial score (nSPS) is 15.1. The summed E-state index contributed by atoms with van der Waals surface area (Å²) in [6.45, 7) is 1.19. The fraction of sp³-hybridized carbons (Fsp3) is 0.188. The lowest BCUT2D eigenvalue weighted by Gasteiger charge is -2.13. The summed E-state index contributed by atoms with van der Waals surface area (Å²) in [6, 6.07) is 12.6. The largest absolute Gasteiger partial charge is 0.457 e. The molecule has 1 aliphatic heterocycles. The quantitative estimate of drug-likeness (QED) is 0.780. The molecule has 2 aromatic rings. The summed E-state index contributed by atoms with van der Waals surface area (Å²) in [6.07, 6.45) is 0.441. The lowest BCUT2D eigenvalue weighted by Crippen LogP contribution is -1.99. The first-order valence-corrected chi connectivity index (χ1v) is 7.31. The Balaban J connectivity index is 1.81. The molecule has 3 rings (SSSR count). The monoisotopic (exact) mass is 348 g/mol. The Kier molecular flexibility index (Phi) is 4.34. The number of carbonyl (C=O) groups excluding carboxylic acids is 1. The van der Waals surface area contributed by atoms with Gasteiger partial charge in [0.15, 0.2) is 6.29 Å². The highest BCUT2D eigenvalue weighted by Gasteiger charge is 2.21. The number of ether oxygens (including phenoxy) is 3. The molecule has 0 N–H and O–H groups in total. The van der Waals surface area contributed by atoms with E-state index in [2.05, 4.69) is 15.9 Å². The molecule has 0 unspecified atom stereocenters. The lowest BCUT2D eigenvalue weighted by molar-refractivity contribution is -0.0447. The Bertz CT molecular complexity index is 633. The number of hydrogen-bond donors (Lipinski definition) is 0. The van der Waals surface area contributed by atoms with Crippen molar-refractivity contribution in [2.45, 2.75) is 6.29 Å². The van der Waals surface area contributed by atoms with Crippen LogP contribution in [0.15, 0.2) is 46.9 Å². The fourth-order valence-electron chi connectivity index (χ4n) is 2.05. The van der Waals surface area contributed by atoms with Crippen molar-refractivity contribution in [1.29, 1.82) is 0 Å². The van der Waals surface area contributed by atoms with E-state index in [0.29, 0.717) is 30.3 Å². The second-order valence-electron chi connectivity index (χ2n) is 4.55. The van der Waals surface area contributed by atoms with Gasteiger partial charge in [-0.15, -0.1) is 0 Å². The first kappa shape index (κ1) is 14.3. The molecular weight excluding hydrogens is 336 g/mol. The molecule has 1 aliphatic rings. The number of halogens is 1. The van der Waals surface area contributed by atoms with Crippen LogP contribution in [0.3, 0.4) is 0 Å². The maximum absolute atomic E-state index is 10.6. The molecule has 1 fully saturated rings. The first-order valence-electron chi connectivity index (χ1n) is 6.52. The molecule has 0 radical (unpaired) electrons. The van der Waals surface area contributed by atoms with E-state index in [1.165, 1.54) is 0 Å². The van der Waals surface area contributed by atoms with Crippen molar-refractivity contribution in [2.75, 3.05) is 13.2 Å². The summed E-state index contributed by atoms with van der Waals surface area (Å²) >= 11 is 3.49. The summed E-state index contributed by atoms with van der Waals surface area (Å²) < 4.78 is 17.7. The van der Waals surface area contributed by atoms with Crippen molar-refractivity contribution in [2.24, 2.45) is 0 Å². The van der Waals surface area contributed by atoms with Gasteiger partial charge in [0.1, 0.15) is 17.8 Å². The van der Waals surface area contributed by atoms with Gasteiger partial charge in [0.05, 0.1) is 13.2 Å². The Morgan fingerprint density at radius 1 is 1.05 bits per heavy atom. The van der Waals surface area contributed by atoms with E-state index in [4.69, 9.17) is 14.2 Å². The van der Waals surface area contributed by atoms with Crippen LogP contribution in [0.4, 0.5) is 0 Å². The molecule has 21 heavy (non-hydrogen) atoms. The summed E-state index contributed by atoms with van der Waals surface area (Å²) in [5, 5.41) is 0. The predicted molar refractivity (Wildman–Crippen MR) is 80.7 cm³/mol. The average Bonchev–Trinajstić information content (AvgIpc) is 3.04. The van der Waals surface area contributed by atoms with Gasteiger partial charge in [0, 0.05) is 15.6 Å². The first-order chi connectivity index (χ1) is 10.3. The molecule has 0 aliphatic carbocycles. The highest BCUT2D eigenvalue weighted by atomic mass is 79.9. The molecule has 4 nitrogen and oxygen atoms in total. The number of hydrogen-bond acceptors (Lipinski definition) is 4. The SMILES string of the molecule is O=Cc1ccc(Oc2ccc(Br)c(C3OCCO3)c2)cc1. The second kappa shape index (κ2) is 6.39. The van der Waals surface area contributed by atoms with Crippen LogP contribution < -0.4 is 4.74 Å². The van der Waals surface area contributed by atoms with Crippen LogP contribution >= 0.6 is 15.9 Å². The zero-order valence-corrected chi connectivity index (χ0v) is 12.7. The average molecular weight is 349 g/mol. The van der Waals surface area contributed by atoms with Gasteiger partial charge in [-0.05, 0) is 42.5 Å². The maximum Gasteiger partial charge on any atom is 0.185 e. The van der Waals surface area contributed by atoms with Gasteiger partial charge < -0.3 is 14.2 Å². The molecule has 0 aromatic heterocycles. The zero-order chi connectivity index (χ0) is 14.7. The number of benzene rings is 2. The number of carbonyl (C=O) groups is 1. The van der Waals surface area contributed by atoms with E-state index < -0.39 is 0 Å². The molecule has 0 atom stereocenters. The van der Waals surface area contributed by atoms with E-state index >= 15 is 0 Å². The van der Waals surface area contributed by atoms with Crippen LogP contribution in [-0.2, 0) is 9.47 Å². The minimum atomic E-state index is -0.361. The van der Waals surface area contributed by atoms with Gasteiger partial charge in [-0.3, -0.25) is 4.79 Å². The zero-order valence-electron chi connectivity index (χ0n) is 11.1. The molecule has 1 saturated heterocycles. The van der Waals surface area contributed by atoms with E-state index in [1.807, 2.05) is 18.2 Å². The molecule has 108 valence electrons. The lowest BCUT2D eigenvalue weighted by atomic mass is 10.2. The third-order valence-corrected chi connectivity index (χ3v) is 3.82. The highest BCUT2D eigenvalue weighted by Crippen LogP contribution is 2.34. The van der Waals surface area contributed by atoms with Crippen LogP contribution in [0.25, 0.3) is 0 Å². The third kappa shape index (κ3) is 3.32. The topological polar surface area (TPSA) is 44.8 Å². The highest BCUT2D eigenvalue weighted by molar-refractivity contribution is 9.10. The molecule has 0 bridgehead atoms. The number of rotatable bonds is 4.